The average Bonchev–Trinajstić information content (AvgIpc) is 1.33. The first-order chi connectivity index (χ1) is 3.15. The predicted molar refractivity (Wildman–Crippen MR) is 37.1 cm³/mol. The Bertz CT molecular complexity index is 24.1. The van der Waals surface area contributed by atoms with E-state index in [-0.39, 0.29) is 0 Å². The van der Waals surface area contributed by atoms with Crippen LogP contribution in [0.3, 0.4) is 0 Å². The summed E-state index contributed by atoms with van der Waals surface area (Å²) < 4.78 is 0. The quantitative estimate of drug-likeness (QED) is 0.457. The second kappa shape index (κ2) is 9.79. The van der Waals surface area contributed by atoms with Gasteiger partial charge in [-0.25, -0.2) is 0 Å². The molecule has 1 nitrogen and oxygen atoms in total. The molecule has 43 valence electrons. The zero-order valence-corrected chi connectivity index (χ0v) is 6.29. The van der Waals surface area contributed by atoms with Crippen LogP contribution >= 0.6 is 22.9 Å². The Morgan fingerprint density at radius 1 is 1.14 bits per heavy atom. The number of hydrogen-bond acceptors (Lipinski definition) is 1. The fourth-order valence-corrected chi connectivity index (χ4v) is 0. The van der Waals surface area contributed by atoms with E-state index < -0.39 is 0 Å². The molecule has 0 saturated carbocycles. The van der Waals surface area contributed by atoms with Crippen molar-refractivity contribution in [3.63, 3.8) is 0 Å². The first-order valence-electron chi connectivity index (χ1n) is 1.78. The molecule has 0 fully saturated rings. The van der Waals surface area contributed by atoms with Crippen molar-refractivity contribution in [3.05, 3.63) is 0 Å². The number of hydrogen-bond donors (Lipinski definition) is 0. The van der Waals surface area contributed by atoms with E-state index in [0.29, 0.717) is 0 Å². The first kappa shape index (κ1) is 10.6. The minimum absolute atomic E-state index is 0.944. The van der Waals surface area contributed by atoms with Gasteiger partial charge in [-0.1, -0.05) is 0 Å². The molecule has 0 aromatic carbocycles. The van der Waals surface area contributed by atoms with Crippen molar-refractivity contribution in [2.75, 3.05) is 21.1 Å². The van der Waals surface area contributed by atoms with Crippen LogP contribution < -0.4 is 0 Å². The summed E-state index contributed by atoms with van der Waals surface area (Å²) in [5.41, 5.74) is 0. The lowest BCUT2D eigenvalue weighted by atomic mass is 10.7. The summed E-state index contributed by atoms with van der Waals surface area (Å²) >= 11 is 9.28. The molecule has 0 saturated heterocycles. The molecule has 1 radical (unpaired) electrons. The molecule has 4 heteroatoms. The standard InChI is InChI=1S/C3H9N.BCl2/c1-4(2)3;2-1-3/h1-3H3;. The van der Waals surface area contributed by atoms with Crippen molar-refractivity contribution in [1.29, 1.82) is 0 Å². The second-order valence-corrected chi connectivity index (χ2v) is 2.08. The summed E-state index contributed by atoms with van der Waals surface area (Å²) in [4.78, 5) is 2.00. The molecule has 0 unspecified atom stereocenters. The normalized spacial score (nSPS) is 7.14. The van der Waals surface area contributed by atoms with Gasteiger partial charge >= 0.3 is 6.11 Å². The van der Waals surface area contributed by atoms with E-state index in [4.69, 9.17) is 0 Å². The Balaban J connectivity index is 0. The highest BCUT2D eigenvalue weighted by molar-refractivity contribution is 7.22. The van der Waals surface area contributed by atoms with Gasteiger partial charge in [0, 0.05) is 0 Å². The van der Waals surface area contributed by atoms with Gasteiger partial charge in [0.05, 0.1) is 0 Å². The van der Waals surface area contributed by atoms with Crippen LogP contribution in [0.25, 0.3) is 0 Å². The molecular formula is C3H9BCl2N. The maximum atomic E-state index is 4.64. The zero-order chi connectivity index (χ0) is 6.28. The van der Waals surface area contributed by atoms with Crippen LogP contribution in [-0.2, 0) is 0 Å². The largest absolute Gasteiger partial charge is 0.357 e. The lowest BCUT2D eigenvalue weighted by Crippen LogP contribution is -1.99. The van der Waals surface area contributed by atoms with Crippen molar-refractivity contribution >= 4 is 29.0 Å². The molecule has 0 amide bonds. The van der Waals surface area contributed by atoms with Gasteiger partial charge in [0.15, 0.2) is 0 Å². The third-order valence-corrected chi connectivity index (χ3v) is 0. The number of nitrogens with zero attached hydrogens (tertiary/aromatic N) is 1. The van der Waals surface area contributed by atoms with Gasteiger partial charge in [-0.05, 0) is 21.1 Å². The molecule has 0 bridgehead atoms. The van der Waals surface area contributed by atoms with Crippen molar-refractivity contribution in [2.24, 2.45) is 0 Å². The van der Waals surface area contributed by atoms with E-state index in [2.05, 4.69) is 22.9 Å². The van der Waals surface area contributed by atoms with E-state index in [0.717, 1.165) is 6.11 Å². The van der Waals surface area contributed by atoms with Crippen LogP contribution in [0.5, 0.6) is 0 Å². The second-order valence-electron chi connectivity index (χ2n) is 1.42. The molecule has 0 aromatic rings. The maximum Gasteiger partial charge on any atom is 0.357 e. The van der Waals surface area contributed by atoms with Gasteiger partial charge in [-0.2, -0.15) is 22.9 Å². The van der Waals surface area contributed by atoms with Crippen LogP contribution in [0.15, 0.2) is 0 Å². The average molecular weight is 141 g/mol. The van der Waals surface area contributed by atoms with Crippen LogP contribution in [-0.4, -0.2) is 32.2 Å². The van der Waals surface area contributed by atoms with Gasteiger partial charge in [0.25, 0.3) is 0 Å². The van der Waals surface area contributed by atoms with Crippen molar-refractivity contribution in [3.8, 4) is 0 Å². The van der Waals surface area contributed by atoms with Gasteiger partial charge in [0.1, 0.15) is 0 Å². The molecule has 0 spiro atoms. The molecule has 7 heavy (non-hydrogen) atoms. The maximum absolute atomic E-state index is 4.64. The first-order valence-corrected chi connectivity index (χ1v) is 2.65. The fourth-order valence-electron chi connectivity index (χ4n) is 0. The fraction of sp³-hybridized carbons (Fsp3) is 1.00. The van der Waals surface area contributed by atoms with Crippen LogP contribution in [0.2, 0.25) is 0 Å². The van der Waals surface area contributed by atoms with Crippen LogP contribution in [0.1, 0.15) is 0 Å². The third kappa shape index (κ3) is 383. The predicted octanol–water partition coefficient (Wildman–Crippen LogP) is 1.18. The van der Waals surface area contributed by atoms with E-state index in [1.54, 1.807) is 0 Å². The zero-order valence-electron chi connectivity index (χ0n) is 4.78. The van der Waals surface area contributed by atoms with Crippen LogP contribution in [0.4, 0.5) is 0 Å². The van der Waals surface area contributed by atoms with Crippen molar-refractivity contribution in [1.82, 2.24) is 4.90 Å². The smallest absolute Gasteiger partial charge is 0.312 e. The van der Waals surface area contributed by atoms with Gasteiger partial charge in [-0.15, -0.1) is 0 Å². The lowest BCUT2D eigenvalue weighted by Gasteiger charge is -1.90. The summed E-state index contributed by atoms with van der Waals surface area (Å²) in [6.07, 6.45) is 0.944. The molecule has 0 atom stereocenters. The number of halogens is 2. The molecule has 0 rings (SSSR count). The van der Waals surface area contributed by atoms with E-state index >= 15 is 0 Å². The summed E-state index contributed by atoms with van der Waals surface area (Å²) in [5, 5.41) is 0. The summed E-state index contributed by atoms with van der Waals surface area (Å²) in [5.74, 6) is 0. The Labute approximate surface area is 55.7 Å². The SMILES string of the molecule is CN(C)C.Cl[B]Cl. The minimum Gasteiger partial charge on any atom is -0.312 e. The Kier molecular flexibility index (Phi) is 14.8. The Hall–Kier alpha value is 0.605. The van der Waals surface area contributed by atoms with Crippen molar-refractivity contribution < 1.29 is 0 Å². The lowest BCUT2D eigenvalue weighted by molar-refractivity contribution is 0.505. The van der Waals surface area contributed by atoms with Gasteiger partial charge < -0.3 is 4.90 Å². The molecule has 0 heterocycles. The molecular weight excluding hydrogens is 132 g/mol. The van der Waals surface area contributed by atoms with Crippen LogP contribution in [0, 0.1) is 0 Å². The number of rotatable bonds is 0. The molecule has 0 aliphatic carbocycles. The van der Waals surface area contributed by atoms with Gasteiger partial charge in [0.2, 0.25) is 0 Å². The molecule has 0 aliphatic rings. The van der Waals surface area contributed by atoms with E-state index in [1.807, 2.05) is 26.0 Å². The minimum atomic E-state index is 0.944. The highest BCUT2D eigenvalue weighted by atomic mass is 35.5. The van der Waals surface area contributed by atoms with Gasteiger partial charge in [-0.3, -0.25) is 0 Å². The third-order valence-electron chi connectivity index (χ3n) is 0. The molecule has 0 aromatic heterocycles. The Morgan fingerprint density at radius 3 is 1.14 bits per heavy atom. The monoisotopic (exact) mass is 140 g/mol. The summed E-state index contributed by atoms with van der Waals surface area (Å²) in [6.45, 7) is 0. The summed E-state index contributed by atoms with van der Waals surface area (Å²) in [6, 6.07) is 0. The van der Waals surface area contributed by atoms with E-state index in [1.165, 1.54) is 0 Å². The van der Waals surface area contributed by atoms with E-state index in [9.17, 15) is 0 Å². The topological polar surface area (TPSA) is 3.24 Å². The Morgan fingerprint density at radius 2 is 1.14 bits per heavy atom. The highest BCUT2D eigenvalue weighted by Crippen LogP contribution is 1.67. The summed E-state index contributed by atoms with van der Waals surface area (Å²) in [7, 11) is 6.00. The molecule has 0 N–H and O–H groups in total. The highest BCUT2D eigenvalue weighted by Gasteiger charge is 1.58. The van der Waals surface area contributed by atoms with Crippen molar-refractivity contribution in [2.45, 2.75) is 0 Å². The molecule has 0 aliphatic heterocycles.